The Labute approximate surface area is 161 Å². The maximum absolute atomic E-state index is 12.5. The van der Waals surface area contributed by atoms with Crippen LogP contribution in [0.15, 0.2) is 48.5 Å². The first-order valence-electron chi connectivity index (χ1n) is 9.40. The fourth-order valence-corrected chi connectivity index (χ4v) is 2.59. The van der Waals surface area contributed by atoms with Crippen LogP contribution in [0.4, 0.5) is 11.4 Å². The number of carbonyl (C=O) groups is 2. The van der Waals surface area contributed by atoms with Crippen LogP contribution in [0.1, 0.15) is 52.0 Å². The summed E-state index contributed by atoms with van der Waals surface area (Å²) in [5.41, 5.74) is 2.46. The van der Waals surface area contributed by atoms with E-state index in [2.05, 4.69) is 24.5 Å². The zero-order valence-corrected chi connectivity index (χ0v) is 16.4. The van der Waals surface area contributed by atoms with Crippen LogP contribution < -0.4 is 15.4 Å². The highest BCUT2D eigenvalue weighted by atomic mass is 16.5. The lowest BCUT2D eigenvalue weighted by molar-refractivity contribution is -0.122. The Kier molecular flexibility index (Phi) is 7.41. The lowest BCUT2D eigenvalue weighted by atomic mass is 9.98. The molecule has 0 fully saturated rings. The van der Waals surface area contributed by atoms with Crippen LogP contribution in [0.25, 0.3) is 0 Å². The van der Waals surface area contributed by atoms with Crippen LogP contribution in [0.5, 0.6) is 5.75 Å². The predicted molar refractivity (Wildman–Crippen MR) is 109 cm³/mol. The van der Waals surface area contributed by atoms with E-state index in [0.29, 0.717) is 23.7 Å². The number of hydrogen-bond donors (Lipinski definition) is 2. The molecule has 27 heavy (non-hydrogen) atoms. The summed E-state index contributed by atoms with van der Waals surface area (Å²) < 4.78 is 5.92. The van der Waals surface area contributed by atoms with Crippen LogP contribution in [-0.4, -0.2) is 17.9 Å². The van der Waals surface area contributed by atoms with E-state index in [1.807, 2.05) is 24.3 Å². The molecule has 0 aliphatic carbocycles. The summed E-state index contributed by atoms with van der Waals surface area (Å²) in [4.78, 5) is 23.9. The second-order valence-electron chi connectivity index (χ2n) is 6.58. The normalized spacial score (nSPS) is 12.7. The fraction of sp³-hybridized carbons (Fsp3) is 0.364. The summed E-state index contributed by atoms with van der Waals surface area (Å²) in [6.07, 6.45) is 0.794. The molecule has 0 saturated heterocycles. The maximum Gasteiger partial charge on any atom is 0.265 e. The van der Waals surface area contributed by atoms with Gasteiger partial charge in [0.15, 0.2) is 6.10 Å². The molecule has 0 aromatic heterocycles. The third-order valence-electron chi connectivity index (χ3n) is 4.49. The van der Waals surface area contributed by atoms with Crippen LogP contribution >= 0.6 is 0 Å². The molecule has 5 heteroatoms. The van der Waals surface area contributed by atoms with E-state index in [0.717, 1.165) is 17.7 Å². The smallest absolute Gasteiger partial charge is 0.265 e. The average Bonchev–Trinajstić information content (AvgIpc) is 2.69. The van der Waals surface area contributed by atoms with Gasteiger partial charge in [0.1, 0.15) is 5.75 Å². The van der Waals surface area contributed by atoms with Gasteiger partial charge in [0.25, 0.3) is 5.91 Å². The molecule has 0 heterocycles. The van der Waals surface area contributed by atoms with Gasteiger partial charge in [-0.15, -0.1) is 0 Å². The quantitative estimate of drug-likeness (QED) is 0.692. The van der Waals surface area contributed by atoms with Gasteiger partial charge < -0.3 is 15.4 Å². The minimum Gasteiger partial charge on any atom is -0.481 e. The summed E-state index contributed by atoms with van der Waals surface area (Å²) in [5, 5.41) is 5.62. The van der Waals surface area contributed by atoms with Crippen molar-refractivity contribution in [3.05, 3.63) is 54.1 Å². The molecule has 0 radical (unpaired) electrons. The summed E-state index contributed by atoms with van der Waals surface area (Å²) in [5.74, 6) is 0.836. The van der Waals surface area contributed by atoms with Gasteiger partial charge in [0, 0.05) is 17.8 Å². The molecule has 0 aliphatic rings. The zero-order chi connectivity index (χ0) is 19.8. The highest BCUT2D eigenvalue weighted by Gasteiger charge is 2.18. The second-order valence-corrected chi connectivity index (χ2v) is 6.58. The SMILES string of the molecule is CCC(=O)Nc1ccc(NC(=O)C(C)Oc2ccccc2C(C)CC)cc1. The van der Waals surface area contributed by atoms with Crippen LogP contribution in [0.2, 0.25) is 0 Å². The Morgan fingerprint density at radius 2 is 1.52 bits per heavy atom. The summed E-state index contributed by atoms with van der Waals surface area (Å²) in [6, 6.07) is 14.9. The first-order valence-corrected chi connectivity index (χ1v) is 9.40. The van der Waals surface area contributed by atoms with E-state index in [4.69, 9.17) is 4.74 Å². The molecule has 2 unspecified atom stereocenters. The minimum absolute atomic E-state index is 0.0474. The summed E-state index contributed by atoms with van der Waals surface area (Å²) in [7, 11) is 0. The maximum atomic E-state index is 12.5. The van der Waals surface area contributed by atoms with Gasteiger partial charge in [-0.3, -0.25) is 9.59 Å². The third-order valence-corrected chi connectivity index (χ3v) is 4.49. The van der Waals surface area contributed by atoms with Crippen molar-refractivity contribution in [1.29, 1.82) is 0 Å². The first-order chi connectivity index (χ1) is 12.9. The molecule has 144 valence electrons. The first kappa shape index (κ1) is 20.5. The van der Waals surface area contributed by atoms with Crippen molar-refractivity contribution < 1.29 is 14.3 Å². The predicted octanol–water partition coefficient (Wildman–Crippen LogP) is 4.95. The minimum atomic E-state index is -0.630. The van der Waals surface area contributed by atoms with Gasteiger partial charge in [-0.2, -0.15) is 0 Å². The van der Waals surface area contributed by atoms with Gasteiger partial charge in [0.05, 0.1) is 0 Å². The molecule has 0 aliphatic heterocycles. The number of para-hydroxylation sites is 1. The Hall–Kier alpha value is -2.82. The summed E-state index contributed by atoms with van der Waals surface area (Å²) in [6.45, 7) is 7.80. The largest absolute Gasteiger partial charge is 0.481 e. The monoisotopic (exact) mass is 368 g/mol. The van der Waals surface area contributed by atoms with Crippen molar-refractivity contribution in [3.63, 3.8) is 0 Å². The van der Waals surface area contributed by atoms with Gasteiger partial charge in [-0.05, 0) is 55.2 Å². The Morgan fingerprint density at radius 1 is 0.926 bits per heavy atom. The van der Waals surface area contributed by atoms with Crippen molar-refractivity contribution in [2.24, 2.45) is 0 Å². The van der Waals surface area contributed by atoms with E-state index in [1.54, 1.807) is 38.1 Å². The number of amides is 2. The van der Waals surface area contributed by atoms with E-state index >= 15 is 0 Å². The molecule has 2 aromatic rings. The number of benzene rings is 2. The molecule has 0 spiro atoms. The molecule has 2 N–H and O–H groups in total. The van der Waals surface area contributed by atoms with Gasteiger partial charge >= 0.3 is 0 Å². The Balaban J connectivity index is 1.99. The molecular weight excluding hydrogens is 340 g/mol. The molecular formula is C22H28N2O3. The van der Waals surface area contributed by atoms with E-state index < -0.39 is 6.10 Å². The number of ether oxygens (including phenoxy) is 1. The van der Waals surface area contributed by atoms with E-state index in [9.17, 15) is 9.59 Å². The highest BCUT2D eigenvalue weighted by Crippen LogP contribution is 2.29. The molecule has 2 amide bonds. The molecule has 2 atom stereocenters. The Bertz CT molecular complexity index is 771. The molecule has 0 saturated carbocycles. The number of carbonyl (C=O) groups excluding carboxylic acids is 2. The van der Waals surface area contributed by atoms with Crippen molar-refractivity contribution in [2.75, 3.05) is 10.6 Å². The Morgan fingerprint density at radius 3 is 2.11 bits per heavy atom. The van der Waals surface area contributed by atoms with Crippen molar-refractivity contribution in [1.82, 2.24) is 0 Å². The number of rotatable bonds is 8. The van der Waals surface area contributed by atoms with Crippen LogP contribution in [0.3, 0.4) is 0 Å². The van der Waals surface area contributed by atoms with Crippen molar-refractivity contribution in [2.45, 2.75) is 52.6 Å². The van der Waals surface area contributed by atoms with Crippen LogP contribution in [0, 0.1) is 0 Å². The number of hydrogen-bond acceptors (Lipinski definition) is 3. The average molecular weight is 368 g/mol. The van der Waals surface area contributed by atoms with E-state index in [-0.39, 0.29) is 11.8 Å². The molecule has 5 nitrogen and oxygen atoms in total. The lowest BCUT2D eigenvalue weighted by Gasteiger charge is -2.19. The van der Waals surface area contributed by atoms with Gasteiger partial charge in [-0.25, -0.2) is 0 Å². The van der Waals surface area contributed by atoms with E-state index in [1.165, 1.54) is 0 Å². The lowest BCUT2D eigenvalue weighted by Crippen LogP contribution is -2.30. The van der Waals surface area contributed by atoms with Crippen molar-refractivity contribution >= 4 is 23.2 Å². The summed E-state index contributed by atoms with van der Waals surface area (Å²) >= 11 is 0. The number of nitrogens with one attached hydrogen (secondary N) is 2. The molecule has 0 bridgehead atoms. The van der Waals surface area contributed by atoms with Crippen molar-refractivity contribution in [3.8, 4) is 5.75 Å². The van der Waals surface area contributed by atoms with Gasteiger partial charge in [0.2, 0.25) is 5.91 Å². The third kappa shape index (κ3) is 5.84. The van der Waals surface area contributed by atoms with Gasteiger partial charge in [-0.1, -0.05) is 39.0 Å². The highest BCUT2D eigenvalue weighted by molar-refractivity contribution is 5.95. The topological polar surface area (TPSA) is 67.4 Å². The number of anilines is 2. The molecule has 2 aromatic carbocycles. The zero-order valence-electron chi connectivity index (χ0n) is 16.4. The fourth-order valence-electron chi connectivity index (χ4n) is 2.59. The van der Waals surface area contributed by atoms with Crippen LogP contribution in [-0.2, 0) is 9.59 Å². The molecule has 2 rings (SSSR count). The standard InChI is InChI=1S/C22H28N2O3/c1-5-15(3)19-9-7-8-10-20(19)27-16(4)22(26)24-18-13-11-17(12-14-18)23-21(25)6-2/h7-16H,5-6H2,1-4H3,(H,23,25)(H,24,26). The second kappa shape index (κ2) is 9.76.